The molecule has 2 heterocycles. The molecule has 0 bridgehead atoms. The SMILES string of the molecule is CCOc1ccc(-c2csc(C)n2)cc1S(=O)(=O)N1c2ccccc2C[C@@H]1C. The number of fused-ring (bicyclic) bond motifs is 1. The highest BCUT2D eigenvalue weighted by Gasteiger charge is 2.37. The van der Waals surface area contributed by atoms with Crippen molar-refractivity contribution in [2.24, 2.45) is 0 Å². The zero-order chi connectivity index (χ0) is 19.9. The van der Waals surface area contributed by atoms with Gasteiger partial charge in [-0.2, -0.15) is 0 Å². The highest BCUT2D eigenvalue weighted by Crippen LogP contribution is 2.40. The molecule has 1 aromatic heterocycles. The van der Waals surface area contributed by atoms with Gasteiger partial charge in [0.1, 0.15) is 10.6 Å². The van der Waals surface area contributed by atoms with E-state index in [4.69, 9.17) is 4.74 Å². The lowest BCUT2D eigenvalue weighted by Crippen LogP contribution is -2.36. The van der Waals surface area contributed by atoms with E-state index in [1.165, 1.54) is 4.31 Å². The Balaban J connectivity index is 1.86. The van der Waals surface area contributed by atoms with Crippen LogP contribution in [0.3, 0.4) is 0 Å². The van der Waals surface area contributed by atoms with Gasteiger partial charge in [0, 0.05) is 17.0 Å². The van der Waals surface area contributed by atoms with Crippen LogP contribution in [-0.4, -0.2) is 26.1 Å². The third-order valence-electron chi connectivity index (χ3n) is 4.84. The van der Waals surface area contributed by atoms with E-state index in [1.54, 1.807) is 23.5 Å². The van der Waals surface area contributed by atoms with Crippen molar-refractivity contribution in [3.05, 3.63) is 58.4 Å². The number of benzene rings is 2. The number of aryl methyl sites for hydroxylation is 1. The Morgan fingerprint density at radius 2 is 2.04 bits per heavy atom. The van der Waals surface area contributed by atoms with Crippen LogP contribution in [0.2, 0.25) is 0 Å². The van der Waals surface area contributed by atoms with E-state index in [-0.39, 0.29) is 10.9 Å². The second-order valence-corrected chi connectivity index (χ2v) is 9.67. The quantitative estimate of drug-likeness (QED) is 0.609. The summed E-state index contributed by atoms with van der Waals surface area (Å²) in [4.78, 5) is 4.68. The molecule has 1 aliphatic heterocycles. The summed E-state index contributed by atoms with van der Waals surface area (Å²) in [6.45, 7) is 6.11. The number of anilines is 1. The maximum Gasteiger partial charge on any atom is 0.268 e. The number of sulfonamides is 1. The van der Waals surface area contributed by atoms with Gasteiger partial charge in [0.25, 0.3) is 10.0 Å². The lowest BCUT2D eigenvalue weighted by atomic mass is 10.1. The van der Waals surface area contributed by atoms with Gasteiger partial charge in [-0.05, 0) is 57.0 Å². The molecule has 4 rings (SSSR count). The first kappa shape index (κ1) is 19.0. The van der Waals surface area contributed by atoms with Crippen LogP contribution in [0.15, 0.2) is 52.7 Å². The summed E-state index contributed by atoms with van der Waals surface area (Å²) in [5.41, 5.74) is 3.33. The third kappa shape index (κ3) is 3.18. The van der Waals surface area contributed by atoms with E-state index in [0.717, 1.165) is 27.5 Å². The predicted molar refractivity (Wildman–Crippen MR) is 113 cm³/mol. The minimum Gasteiger partial charge on any atom is -0.492 e. The molecule has 1 aliphatic rings. The molecule has 0 radical (unpaired) electrons. The van der Waals surface area contributed by atoms with Crippen LogP contribution in [0.5, 0.6) is 5.75 Å². The number of rotatable bonds is 5. The molecule has 3 aromatic rings. The number of hydrogen-bond acceptors (Lipinski definition) is 5. The van der Waals surface area contributed by atoms with Crippen molar-refractivity contribution >= 4 is 27.0 Å². The van der Waals surface area contributed by atoms with Crippen molar-refractivity contribution in [3.63, 3.8) is 0 Å². The zero-order valence-corrected chi connectivity index (χ0v) is 17.7. The smallest absolute Gasteiger partial charge is 0.268 e. The first-order valence-electron chi connectivity index (χ1n) is 9.23. The minimum absolute atomic E-state index is 0.151. The van der Waals surface area contributed by atoms with E-state index in [2.05, 4.69) is 4.98 Å². The van der Waals surface area contributed by atoms with E-state index in [0.29, 0.717) is 18.8 Å². The predicted octanol–water partition coefficient (Wildman–Crippen LogP) is 4.66. The van der Waals surface area contributed by atoms with E-state index < -0.39 is 10.0 Å². The molecule has 0 saturated heterocycles. The standard InChI is InChI=1S/C21H22N2O3S2/c1-4-26-20-10-9-16(18-13-27-15(3)22-18)12-21(20)28(24,25)23-14(2)11-17-7-5-6-8-19(17)23/h5-10,12-14H,4,11H2,1-3H3/t14-/m0/s1. The molecule has 146 valence electrons. The van der Waals surface area contributed by atoms with E-state index in [1.807, 2.05) is 56.5 Å². The van der Waals surface area contributed by atoms with Crippen LogP contribution >= 0.6 is 11.3 Å². The van der Waals surface area contributed by atoms with Gasteiger partial charge in [0.2, 0.25) is 0 Å². The highest BCUT2D eigenvalue weighted by molar-refractivity contribution is 7.93. The molecule has 0 spiro atoms. The van der Waals surface area contributed by atoms with Gasteiger partial charge in [-0.1, -0.05) is 18.2 Å². The lowest BCUT2D eigenvalue weighted by Gasteiger charge is -2.25. The Kier molecular flexibility index (Phi) is 4.89. The van der Waals surface area contributed by atoms with Crippen LogP contribution in [0, 0.1) is 6.92 Å². The summed E-state index contributed by atoms with van der Waals surface area (Å²) in [5, 5.41) is 2.88. The molecule has 0 amide bonds. The number of nitrogens with zero attached hydrogens (tertiary/aromatic N) is 2. The van der Waals surface area contributed by atoms with Crippen LogP contribution in [0.4, 0.5) is 5.69 Å². The van der Waals surface area contributed by atoms with Gasteiger partial charge in [0.15, 0.2) is 0 Å². The molecular formula is C21H22N2O3S2. The monoisotopic (exact) mass is 414 g/mol. The maximum atomic E-state index is 13.7. The highest BCUT2D eigenvalue weighted by atomic mass is 32.2. The molecule has 0 N–H and O–H groups in total. The molecule has 7 heteroatoms. The molecule has 28 heavy (non-hydrogen) atoms. The normalized spacial score (nSPS) is 16.2. The fourth-order valence-electron chi connectivity index (χ4n) is 3.65. The second-order valence-electron chi connectivity index (χ2n) is 6.83. The van der Waals surface area contributed by atoms with Crippen LogP contribution in [0.25, 0.3) is 11.3 Å². The van der Waals surface area contributed by atoms with Crippen molar-refractivity contribution in [2.45, 2.75) is 38.1 Å². The first-order valence-corrected chi connectivity index (χ1v) is 11.6. The summed E-state index contributed by atoms with van der Waals surface area (Å²) in [5.74, 6) is 0.370. The Labute approximate surface area is 169 Å². The zero-order valence-electron chi connectivity index (χ0n) is 16.0. The van der Waals surface area contributed by atoms with Crippen molar-refractivity contribution in [3.8, 4) is 17.0 Å². The Morgan fingerprint density at radius 1 is 1.25 bits per heavy atom. The number of para-hydroxylation sites is 1. The van der Waals surface area contributed by atoms with Gasteiger partial charge in [-0.25, -0.2) is 13.4 Å². The number of hydrogen-bond donors (Lipinski definition) is 0. The Hall–Kier alpha value is -2.38. The van der Waals surface area contributed by atoms with Crippen molar-refractivity contribution in [1.29, 1.82) is 0 Å². The van der Waals surface area contributed by atoms with Crippen molar-refractivity contribution < 1.29 is 13.2 Å². The maximum absolute atomic E-state index is 13.7. The van der Waals surface area contributed by atoms with Gasteiger partial charge in [-0.15, -0.1) is 11.3 Å². The summed E-state index contributed by atoms with van der Waals surface area (Å²) >= 11 is 1.54. The minimum atomic E-state index is -3.79. The van der Waals surface area contributed by atoms with E-state index >= 15 is 0 Å². The lowest BCUT2D eigenvalue weighted by molar-refractivity contribution is 0.331. The molecule has 0 fully saturated rings. The fraction of sp³-hybridized carbons (Fsp3) is 0.286. The summed E-state index contributed by atoms with van der Waals surface area (Å²) in [6.07, 6.45) is 0.699. The van der Waals surface area contributed by atoms with Gasteiger partial charge in [0.05, 0.1) is 23.0 Å². The largest absolute Gasteiger partial charge is 0.492 e. The van der Waals surface area contributed by atoms with Crippen LogP contribution in [-0.2, 0) is 16.4 Å². The molecule has 0 unspecified atom stereocenters. The molecule has 5 nitrogen and oxygen atoms in total. The third-order valence-corrected chi connectivity index (χ3v) is 7.56. The average molecular weight is 415 g/mol. The van der Waals surface area contributed by atoms with Crippen LogP contribution < -0.4 is 9.04 Å². The van der Waals surface area contributed by atoms with Gasteiger partial charge < -0.3 is 4.74 Å². The topological polar surface area (TPSA) is 59.5 Å². The van der Waals surface area contributed by atoms with Gasteiger partial charge in [-0.3, -0.25) is 4.31 Å². The summed E-state index contributed by atoms with van der Waals surface area (Å²) < 4.78 is 34.6. The fourth-order valence-corrected chi connectivity index (χ4v) is 6.13. The second kappa shape index (κ2) is 7.22. The average Bonchev–Trinajstić information content (AvgIpc) is 3.24. The number of ether oxygens (including phenoxy) is 1. The first-order chi connectivity index (χ1) is 13.4. The van der Waals surface area contributed by atoms with Crippen LogP contribution in [0.1, 0.15) is 24.4 Å². The molecule has 0 aliphatic carbocycles. The number of thiazole rings is 1. The number of aromatic nitrogens is 1. The summed E-state index contributed by atoms with van der Waals surface area (Å²) in [6, 6.07) is 12.8. The Morgan fingerprint density at radius 3 is 2.75 bits per heavy atom. The molecule has 1 atom stereocenters. The van der Waals surface area contributed by atoms with Gasteiger partial charge >= 0.3 is 0 Å². The molecule has 2 aromatic carbocycles. The van der Waals surface area contributed by atoms with Crippen molar-refractivity contribution in [2.75, 3.05) is 10.9 Å². The summed E-state index contributed by atoms with van der Waals surface area (Å²) in [7, 11) is -3.79. The molecule has 0 saturated carbocycles. The van der Waals surface area contributed by atoms with E-state index in [9.17, 15) is 8.42 Å². The van der Waals surface area contributed by atoms with Crippen molar-refractivity contribution in [1.82, 2.24) is 4.98 Å². The Bertz CT molecular complexity index is 1120. The molecular weight excluding hydrogens is 392 g/mol.